The summed E-state index contributed by atoms with van der Waals surface area (Å²) in [5.41, 5.74) is 0.803. The highest BCUT2D eigenvalue weighted by Gasteiger charge is 2.31. The number of Topliss-reactive ketones (excluding diaryl/α,β-unsaturated/α-hetero) is 1. The fraction of sp³-hybridized carbons (Fsp3) is 0.250. The second-order valence-corrected chi connectivity index (χ2v) is 6.85. The number of rotatable bonds is 7. The summed E-state index contributed by atoms with van der Waals surface area (Å²) in [4.78, 5) is 17.4. The molecule has 9 heteroatoms. The Hall–Kier alpha value is -2.47. The minimum absolute atomic E-state index is 0.146. The van der Waals surface area contributed by atoms with Crippen LogP contribution in [0.25, 0.3) is 5.65 Å². The molecule has 3 heterocycles. The van der Waals surface area contributed by atoms with Crippen molar-refractivity contribution in [3.63, 3.8) is 0 Å². The van der Waals surface area contributed by atoms with Gasteiger partial charge in [-0.05, 0) is 6.07 Å². The van der Waals surface area contributed by atoms with Gasteiger partial charge in [-0.1, -0.05) is 17.7 Å². The molecule has 0 atom stereocenters. The fourth-order valence-corrected chi connectivity index (χ4v) is 3.45. The number of nitrogens with zero attached hydrogens (tertiary/aromatic N) is 4. The first-order valence-electron chi connectivity index (χ1n) is 7.41. The topological polar surface area (TPSA) is 92.2 Å². The van der Waals surface area contributed by atoms with Gasteiger partial charge in [-0.3, -0.25) is 4.79 Å². The number of imidazole rings is 1. The number of hydrogen-bond acceptors (Lipinski definition) is 6. The molecule has 1 N–H and O–H groups in total. The lowest BCUT2D eigenvalue weighted by Gasteiger charge is -2.02. The van der Waals surface area contributed by atoms with Crippen molar-refractivity contribution in [3.05, 3.63) is 45.6 Å². The van der Waals surface area contributed by atoms with Crippen molar-refractivity contribution in [1.29, 1.82) is 5.26 Å². The third kappa shape index (κ3) is 3.64. The molecule has 128 valence electrons. The molecule has 0 aliphatic rings. The number of fused-ring (bicyclic) bond motifs is 1. The van der Waals surface area contributed by atoms with Gasteiger partial charge in [0.25, 0.3) is 11.3 Å². The molecular formula is C16H14ClN4O3S+. The minimum Gasteiger partial charge on any atom is -0.474 e. The van der Waals surface area contributed by atoms with E-state index in [-0.39, 0.29) is 37.0 Å². The standard InChI is InChI=1S/C16H13ClN4O3S/c17-16-19-8-11(25-16)9-21-13-4-1-2-6-20(13)15(23)14(21)12(22)10-24-7-3-5-18/h1-2,4,6,8H,3,7,9-10H2/p+1. The maximum Gasteiger partial charge on any atom is 0.339 e. The van der Waals surface area contributed by atoms with Crippen LogP contribution in [0, 0.1) is 11.3 Å². The van der Waals surface area contributed by atoms with Crippen LogP contribution in [0.4, 0.5) is 0 Å². The molecule has 3 rings (SSSR count). The van der Waals surface area contributed by atoms with E-state index in [9.17, 15) is 9.90 Å². The summed E-state index contributed by atoms with van der Waals surface area (Å²) in [7, 11) is 0. The van der Waals surface area contributed by atoms with Crippen LogP contribution in [-0.4, -0.2) is 33.7 Å². The molecular weight excluding hydrogens is 364 g/mol. The predicted molar refractivity (Wildman–Crippen MR) is 90.9 cm³/mol. The Balaban J connectivity index is 1.98. The molecule has 0 unspecified atom stereocenters. The molecule has 7 nitrogen and oxygen atoms in total. The molecule has 3 aromatic heterocycles. The van der Waals surface area contributed by atoms with Crippen LogP contribution in [0.3, 0.4) is 0 Å². The third-order valence-corrected chi connectivity index (χ3v) is 4.62. The number of aromatic nitrogens is 3. The van der Waals surface area contributed by atoms with Gasteiger partial charge >= 0.3 is 5.88 Å². The van der Waals surface area contributed by atoms with Gasteiger partial charge in [-0.2, -0.15) is 9.66 Å². The van der Waals surface area contributed by atoms with Crippen molar-refractivity contribution in [2.75, 3.05) is 13.2 Å². The van der Waals surface area contributed by atoms with Crippen LogP contribution in [-0.2, 0) is 11.3 Å². The highest BCUT2D eigenvalue weighted by Crippen LogP contribution is 2.23. The van der Waals surface area contributed by atoms with Crippen LogP contribution >= 0.6 is 22.9 Å². The van der Waals surface area contributed by atoms with Crippen LogP contribution in [0.15, 0.2) is 30.6 Å². The van der Waals surface area contributed by atoms with E-state index in [1.807, 2.05) is 12.1 Å². The Morgan fingerprint density at radius 3 is 3.08 bits per heavy atom. The van der Waals surface area contributed by atoms with Gasteiger partial charge in [0.2, 0.25) is 5.78 Å². The first kappa shape index (κ1) is 17.4. The maximum absolute atomic E-state index is 12.6. The quantitative estimate of drug-likeness (QED) is 0.387. The second-order valence-electron chi connectivity index (χ2n) is 5.15. The monoisotopic (exact) mass is 377 g/mol. The Bertz CT molecular complexity index is 960. The normalized spacial score (nSPS) is 10.9. The first-order valence-corrected chi connectivity index (χ1v) is 8.61. The van der Waals surface area contributed by atoms with Crippen molar-refractivity contribution < 1.29 is 19.0 Å². The molecule has 0 aromatic carbocycles. The number of carbonyl (C=O) groups is 1. The number of aromatic hydroxyl groups is 1. The van der Waals surface area contributed by atoms with Gasteiger partial charge < -0.3 is 9.84 Å². The molecule has 0 fully saturated rings. The number of halogens is 1. The number of ketones is 1. The SMILES string of the molecule is N#CCCOCC(=O)c1c(O)[n+]2ccccc2n1Cc1cnc(Cl)s1. The van der Waals surface area contributed by atoms with Crippen molar-refractivity contribution in [3.8, 4) is 11.9 Å². The summed E-state index contributed by atoms with van der Waals surface area (Å²) in [5, 5.41) is 19.0. The van der Waals surface area contributed by atoms with E-state index < -0.39 is 0 Å². The van der Waals surface area contributed by atoms with E-state index in [2.05, 4.69) is 4.98 Å². The Morgan fingerprint density at radius 2 is 2.36 bits per heavy atom. The Morgan fingerprint density at radius 1 is 1.52 bits per heavy atom. The zero-order valence-electron chi connectivity index (χ0n) is 13.1. The van der Waals surface area contributed by atoms with E-state index in [0.29, 0.717) is 16.7 Å². The first-order chi connectivity index (χ1) is 12.1. The highest BCUT2D eigenvalue weighted by atomic mass is 35.5. The molecule has 0 amide bonds. The van der Waals surface area contributed by atoms with E-state index in [0.717, 1.165) is 4.88 Å². The number of ether oxygens (including phenoxy) is 1. The van der Waals surface area contributed by atoms with Crippen LogP contribution in [0.2, 0.25) is 4.47 Å². The van der Waals surface area contributed by atoms with Crippen LogP contribution < -0.4 is 4.40 Å². The van der Waals surface area contributed by atoms with Crippen molar-refractivity contribution in [1.82, 2.24) is 9.55 Å². The van der Waals surface area contributed by atoms with Gasteiger partial charge in [0.05, 0.1) is 30.2 Å². The lowest BCUT2D eigenvalue weighted by Crippen LogP contribution is -2.19. The molecule has 3 aromatic rings. The molecule has 0 aliphatic carbocycles. The number of thiazole rings is 1. The Labute approximate surface area is 152 Å². The average molecular weight is 378 g/mol. The summed E-state index contributed by atoms with van der Waals surface area (Å²) in [6.07, 6.45) is 3.52. The fourth-order valence-electron chi connectivity index (χ4n) is 2.48. The van der Waals surface area contributed by atoms with Crippen LogP contribution in [0.5, 0.6) is 5.88 Å². The summed E-state index contributed by atoms with van der Waals surface area (Å²) < 4.78 is 8.86. The van der Waals surface area contributed by atoms with E-state index >= 15 is 0 Å². The molecule has 0 bridgehead atoms. The van der Waals surface area contributed by atoms with Gasteiger partial charge in [-0.25, -0.2) is 9.55 Å². The van der Waals surface area contributed by atoms with Crippen LogP contribution in [0.1, 0.15) is 21.8 Å². The zero-order chi connectivity index (χ0) is 17.8. The zero-order valence-corrected chi connectivity index (χ0v) is 14.6. The predicted octanol–water partition coefficient (Wildman–Crippen LogP) is 2.20. The lowest BCUT2D eigenvalue weighted by molar-refractivity contribution is -0.521. The Kier molecular flexibility index (Phi) is 5.28. The summed E-state index contributed by atoms with van der Waals surface area (Å²) in [6, 6.07) is 7.33. The summed E-state index contributed by atoms with van der Waals surface area (Å²) in [6.45, 7) is 0.300. The molecule has 0 radical (unpaired) electrons. The lowest BCUT2D eigenvalue weighted by atomic mass is 10.3. The number of pyridine rings is 1. The maximum atomic E-state index is 12.6. The van der Waals surface area contributed by atoms with Crippen molar-refractivity contribution in [2.24, 2.45) is 0 Å². The van der Waals surface area contributed by atoms with Crippen molar-refractivity contribution >= 4 is 34.4 Å². The van der Waals surface area contributed by atoms with Crippen molar-refractivity contribution in [2.45, 2.75) is 13.0 Å². The van der Waals surface area contributed by atoms with Gasteiger partial charge in [0.15, 0.2) is 4.47 Å². The molecule has 0 saturated carbocycles. The van der Waals surface area contributed by atoms with E-state index in [1.54, 1.807) is 29.1 Å². The smallest absolute Gasteiger partial charge is 0.339 e. The van der Waals surface area contributed by atoms with E-state index in [1.165, 1.54) is 15.7 Å². The summed E-state index contributed by atoms with van der Waals surface area (Å²) in [5.74, 6) is -0.519. The molecule has 0 aliphatic heterocycles. The highest BCUT2D eigenvalue weighted by molar-refractivity contribution is 7.15. The number of nitriles is 1. The molecule has 0 saturated heterocycles. The average Bonchev–Trinajstić information content (AvgIpc) is 3.14. The van der Waals surface area contributed by atoms with E-state index in [4.69, 9.17) is 21.6 Å². The molecule has 0 spiro atoms. The third-order valence-electron chi connectivity index (χ3n) is 3.52. The second kappa shape index (κ2) is 7.61. The number of hydrogen-bond donors (Lipinski definition) is 1. The number of carbonyl (C=O) groups excluding carboxylic acids is 1. The molecule has 25 heavy (non-hydrogen) atoms. The largest absolute Gasteiger partial charge is 0.474 e. The van der Waals surface area contributed by atoms with Gasteiger partial charge in [0, 0.05) is 12.3 Å². The minimum atomic E-state index is -0.366. The van der Waals surface area contributed by atoms with Gasteiger partial charge in [0.1, 0.15) is 13.2 Å². The summed E-state index contributed by atoms with van der Waals surface area (Å²) >= 11 is 7.19. The van der Waals surface area contributed by atoms with Gasteiger partial charge in [-0.15, -0.1) is 11.3 Å².